The van der Waals surface area contributed by atoms with Crippen molar-refractivity contribution < 1.29 is 9.59 Å². The first-order valence-corrected chi connectivity index (χ1v) is 8.08. The maximum absolute atomic E-state index is 12.2. The van der Waals surface area contributed by atoms with Crippen LogP contribution < -0.4 is 5.32 Å². The minimum atomic E-state index is -0.0164. The molecule has 1 unspecified atom stereocenters. The average molecular weight is 285 g/mol. The van der Waals surface area contributed by atoms with Crippen molar-refractivity contribution in [2.45, 2.75) is 38.0 Å². The third-order valence-corrected chi connectivity index (χ3v) is 4.86. The monoisotopic (exact) mass is 285 g/mol. The number of carbonyl (C=O) groups excluding carboxylic acids is 2. The van der Waals surface area contributed by atoms with E-state index in [1.807, 2.05) is 18.7 Å². The summed E-state index contributed by atoms with van der Waals surface area (Å²) < 4.78 is 0. The van der Waals surface area contributed by atoms with E-state index >= 15 is 0 Å². The summed E-state index contributed by atoms with van der Waals surface area (Å²) in [6.45, 7) is 6.52. The van der Waals surface area contributed by atoms with Gasteiger partial charge in [-0.1, -0.05) is 0 Å². The molecule has 5 nitrogen and oxygen atoms in total. The number of nitrogens with one attached hydrogen (secondary N) is 1. The van der Waals surface area contributed by atoms with Crippen molar-refractivity contribution in [2.24, 2.45) is 0 Å². The fraction of sp³-hybridized carbons (Fsp3) is 0.846. The van der Waals surface area contributed by atoms with Gasteiger partial charge in [-0.3, -0.25) is 4.79 Å². The Morgan fingerprint density at radius 1 is 1.16 bits per heavy atom. The normalized spacial score (nSPS) is 23.8. The molecular formula is C13H23N3O2S. The highest BCUT2D eigenvalue weighted by Gasteiger charge is 2.30. The van der Waals surface area contributed by atoms with E-state index in [1.165, 1.54) is 0 Å². The Bertz CT molecular complexity index is 335. The van der Waals surface area contributed by atoms with Crippen molar-refractivity contribution >= 4 is 23.7 Å². The lowest BCUT2D eigenvalue weighted by Gasteiger charge is -2.36. The molecule has 2 heterocycles. The molecule has 3 amide bonds. The zero-order valence-electron chi connectivity index (χ0n) is 11.7. The van der Waals surface area contributed by atoms with Crippen LogP contribution in [-0.2, 0) is 4.79 Å². The maximum Gasteiger partial charge on any atom is 0.317 e. The molecule has 2 aliphatic rings. The molecule has 19 heavy (non-hydrogen) atoms. The number of urea groups is 1. The van der Waals surface area contributed by atoms with Crippen LogP contribution in [0.1, 0.15) is 26.7 Å². The van der Waals surface area contributed by atoms with Gasteiger partial charge >= 0.3 is 6.03 Å². The molecule has 6 heteroatoms. The second kappa shape index (κ2) is 6.50. The van der Waals surface area contributed by atoms with Crippen LogP contribution in [0.25, 0.3) is 0 Å². The number of carbonyl (C=O) groups is 2. The standard InChI is InChI=1S/C13H23N3O2S/c1-10(2)14-13(18)16-7-5-15(6-8-16)12(17)11-4-3-9-19-11/h10-11H,3-9H2,1-2H3,(H,14,18). The number of piperazine rings is 1. The predicted molar refractivity (Wildman–Crippen MR) is 77.3 cm³/mol. The van der Waals surface area contributed by atoms with Crippen LogP contribution in [0.2, 0.25) is 0 Å². The highest BCUT2D eigenvalue weighted by molar-refractivity contribution is 8.00. The van der Waals surface area contributed by atoms with E-state index in [9.17, 15) is 9.59 Å². The molecule has 0 aromatic heterocycles. The number of hydrogen-bond acceptors (Lipinski definition) is 3. The molecule has 2 rings (SSSR count). The first-order chi connectivity index (χ1) is 9.08. The minimum Gasteiger partial charge on any atom is -0.338 e. The summed E-state index contributed by atoms with van der Waals surface area (Å²) in [5, 5.41) is 3.05. The molecule has 1 atom stereocenters. The van der Waals surface area contributed by atoms with E-state index in [4.69, 9.17) is 0 Å². The molecule has 0 spiro atoms. The van der Waals surface area contributed by atoms with Gasteiger partial charge in [-0.25, -0.2) is 4.79 Å². The summed E-state index contributed by atoms with van der Waals surface area (Å²) in [6.07, 6.45) is 2.16. The van der Waals surface area contributed by atoms with Crippen molar-refractivity contribution in [2.75, 3.05) is 31.9 Å². The summed E-state index contributed by atoms with van der Waals surface area (Å²) in [6, 6.07) is 0.138. The van der Waals surface area contributed by atoms with Gasteiger partial charge in [-0.05, 0) is 32.4 Å². The molecule has 0 radical (unpaired) electrons. The van der Waals surface area contributed by atoms with Gasteiger partial charge in [0.2, 0.25) is 5.91 Å². The smallest absolute Gasteiger partial charge is 0.317 e. The Balaban J connectivity index is 1.78. The molecule has 0 aromatic carbocycles. The van der Waals surface area contributed by atoms with Crippen LogP contribution in [0.3, 0.4) is 0 Å². The molecular weight excluding hydrogens is 262 g/mol. The summed E-state index contributed by atoms with van der Waals surface area (Å²) in [5.41, 5.74) is 0. The molecule has 0 bridgehead atoms. The molecule has 108 valence electrons. The lowest BCUT2D eigenvalue weighted by Crippen LogP contribution is -2.55. The Labute approximate surface area is 119 Å². The molecule has 0 saturated carbocycles. The van der Waals surface area contributed by atoms with E-state index in [-0.39, 0.29) is 23.2 Å². The maximum atomic E-state index is 12.2. The third-order valence-electron chi connectivity index (χ3n) is 3.50. The number of hydrogen-bond donors (Lipinski definition) is 1. The third kappa shape index (κ3) is 3.78. The number of rotatable bonds is 2. The van der Waals surface area contributed by atoms with Crippen molar-refractivity contribution in [1.29, 1.82) is 0 Å². The van der Waals surface area contributed by atoms with Crippen LogP contribution >= 0.6 is 11.8 Å². The van der Waals surface area contributed by atoms with Crippen molar-refractivity contribution in [3.8, 4) is 0 Å². The van der Waals surface area contributed by atoms with Crippen LogP contribution in [0.5, 0.6) is 0 Å². The Morgan fingerprint density at radius 3 is 2.32 bits per heavy atom. The molecule has 2 fully saturated rings. The predicted octanol–water partition coefficient (Wildman–Crippen LogP) is 1.14. The van der Waals surface area contributed by atoms with Crippen molar-refractivity contribution in [3.05, 3.63) is 0 Å². The summed E-state index contributed by atoms with van der Waals surface area (Å²) in [4.78, 5) is 27.8. The zero-order chi connectivity index (χ0) is 13.8. The topological polar surface area (TPSA) is 52.7 Å². The second-order valence-electron chi connectivity index (χ2n) is 5.42. The van der Waals surface area contributed by atoms with Crippen LogP contribution in [0.4, 0.5) is 4.79 Å². The van der Waals surface area contributed by atoms with Gasteiger partial charge in [-0.15, -0.1) is 11.8 Å². The van der Waals surface area contributed by atoms with Gasteiger partial charge in [0.05, 0.1) is 5.25 Å². The van der Waals surface area contributed by atoms with Gasteiger partial charge in [0.15, 0.2) is 0 Å². The lowest BCUT2D eigenvalue weighted by atomic mass is 10.2. The highest BCUT2D eigenvalue weighted by atomic mass is 32.2. The Kier molecular flexibility index (Phi) is 4.96. The van der Waals surface area contributed by atoms with Crippen LogP contribution in [0, 0.1) is 0 Å². The molecule has 2 aliphatic heterocycles. The van der Waals surface area contributed by atoms with Crippen LogP contribution in [0.15, 0.2) is 0 Å². The summed E-state index contributed by atoms with van der Waals surface area (Å²) in [5.74, 6) is 1.37. The van der Waals surface area contributed by atoms with E-state index in [0.29, 0.717) is 26.2 Å². The van der Waals surface area contributed by atoms with E-state index in [0.717, 1.165) is 18.6 Å². The zero-order valence-corrected chi connectivity index (χ0v) is 12.5. The van der Waals surface area contributed by atoms with E-state index in [2.05, 4.69) is 5.32 Å². The Hall–Kier alpha value is -0.910. The van der Waals surface area contributed by atoms with Gasteiger partial charge in [-0.2, -0.15) is 0 Å². The quantitative estimate of drug-likeness (QED) is 0.828. The highest BCUT2D eigenvalue weighted by Crippen LogP contribution is 2.28. The van der Waals surface area contributed by atoms with E-state index in [1.54, 1.807) is 16.7 Å². The summed E-state index contributed by atoms with van der Waals surface area (Å²) in [7, 11) is 0. The van der Waals surface area contributed by atoms with Gasteiger partial charge in [0, 0.05) is 32.2 Å². The van der Waals surface area contributed by atoms with Gasteiger partial charge in [0.1, 0.15) is 0 Å². The van der Waals surface area contributed by atoms with Crippen molar-refractivity contribution in [3.63, 3.8) is 0 Å². The summed E-state index contributed by atoms with van der Waals surface area (Å²) >= 11 is 1.78. The molecule has 2 saturated heterocycles. The minimum absolute atomic E-state index is 0.0164. The average Bonchev–Trinajstić information content (AvgIpc) is 2.91. The number of thioether (sulfide) groups is 1. The largest absolute Gasteiger partial charge is 0.338 e. The SMILES string of the molecule is CC(C)NC(=O)N1CCN(C(=O)C2CCCS2)CC1. The second-order valence-corrected chi connectivity index (χ2v) is 6.73. The van der Waals surface area contributed by atoms with Gasteiger partial charge < -0.3 is 15.1 Å². The van der Waals surface area contributed by atoms with E-state index < -0.39 is 0 Å². The first kappa shape index (κ1) is 14.5. The molecule has 0 aliphatic carbocycles. The molecule has 1 N–H and O–H groups in total. The van der Waals surface area contributed by atoms with Crippen molar-refractivity contribution in [1.82, 2.24) is 15.1 Å². The van der Waals surface area contributed by atoms with Gasteiger partial charge in [0.25, 0.3) is 0 Å². The Morgan fingerprint density at radius 2 is 1.79 bits per heavy atom. The lowest BCUT2D eigenvalue weighted by molar-refractivity contribution is -0.132. The number of amides is 3. The number of nitrogens with zero attached hydrogens (tertiary/aromatic N) is 2. The fourth-order valence-electron chi connectivity index (χ4n) is 2.44. The molecule has 0 aromatic rings. The van der Waals surface area contributed by atoms with Crippen LogP contribution in [-0.4, -0.2) is 65.0 Å². The fourth-order valence-corrected chi connectivity index (χ4v) is 3.69. The first-order valence-electron chi connectivity index (χ1n) is 7.04.